The van der Waals surface area contributed by atoms with Crippen molar-refractivity contribution in [2.75, 3.05) is 13.1 Å². The Morgan fingerprint density at radius 3 is 2.63 bits per heavy atom. The van der Waals surface area contributed by atoms with Gasteiger partial charge < -0.3 is 10.4 Å². The van der Waals surface area contributed by atoms with Gasteiger partial charge in [-0.05, 0) is 42.9 Å². The van der Waals surface area contributed by atoms with Gasteiger partial charge in [0.25, 0.3) is 0 Å². The van der Waals surface area contributed by atoms with E-state index in [9.17, 15) is 5.11 Å². The van der Waals surface area contributed by atoms with Crippen LogP contribution in [0.4, 0.5) is 0 Å². The fourth-order valence-electron chi connectivity index (χ4n) is 3.13. The Kier molecular flexibility index (Phi) is 3.76. The van der Waals surface area contributed by atoms with Crippen LogP contribution in [0.5, 0.6) is 5.75 Å². The molecule has 3 heteroatoms. The molecule has 1 aliphatic heterocycles. The van der Waals surface area contributed by atoms with Gasteiger partial charge >= 0.3 is 0 Å². The van der Waals surface area contributed by atoms with Crippen molar-refractivity contribution in [3.8, 4) is 5.75 Å². The summed E-state index contributed by atoms with van der Waals surface area (Å²) in [4.78, 5) is 2.62. The van der Waals surface area contributed by atoms with E-state index < -0.39 is 0 Å². The number of rotatable bonds is 4. The Morgan fingerprint density at radius 1 is 1.26 bits per heavy atom. The van der Waals surface area contributed by atoms with E-state index in [-0.39, 0.29) is 0 Å². The fourth-order valence-corrected chi connectivity index (χ4v) is 3.13. The van der Waals surface area contributed by atoms with Crippen molar-refractivity contribution in [1.82, 2.24) is 10.2 Å². The Morgan fingerprint density at radius 2 is 2.00 bits per heavy atom. The largest absolute Gasteiger partial charge is 0.508 e. The van der Waals surface area contributed by atoms with Crippen molar-refractivity contribution in [1.29, 1.82) is 0 Å². The van der Waals surface area contributed by atoms with E-state index in [4.69, 9.17) is 0 Å². The average molecular weight is 260 g/mol. The van der Waals surface area contributed by atoms with Crippen LogP contribution < -0.4 is 5.32 Å². The van der Waals surface area contributed by atoms with Gasteiger partial charge in [0.05, 0.1) is 0 Å². The molecule has 2 fully saturated rings. The van der Waals surface area contributed by atoms with Crippen molar-refractivity contribution in [3.05, 3.63) is 29.8 Å². The van der Waals surface area contributed by atoms with E-state index in [0.29, 0.717) is 17.8 Å². The number of phenols is 1. The molecule has 1 saturated heterocycles. The third-order valence-electron chi connectivity index (χ3n) is 4.55. The zero-order chi connectivity index (χ0) is 13.2. The lowest BCUT2D eigenvalue weighted by Gasteiger charge is -2.40. The van der Waals surface area contributed by atoms with Crippen LogP contribution in [0.1, 0.15) is 31.7 Å². The SMILES string of the molecule is CCC1CNC(C2CC2)CN1Cc1ccc(O)cc1. The molecule has 1 saturated carbocycles. The molecule has 0 bridgehead atoms. The van der Waals surface area contributed by atoms with E-state index in [2.05, 4.69) is 17.1 Å². The Hall–Kier alpha value is -1.06. The van der Waals surface area contributed by atoms with Crippen LogP contribution in [0.3, 0.4) is 0 Å². The molecule has 0 aromatic heterocycles. The topological polar surface area (TPSA) is 35.5 Å². The molecule has 2 aliphatic rings. The van der Waals surface area contributed by atoms with Crippen LogP contribution >= 0.6 is 0 Å². The maximum absolute atomic E-state index is 9.36. The summed E-state index contributed by atoms with van der Waals surface area (Å²) in [5.41, 5.74) is 1.30. The highest BCUT2D eigenvalue weighted by Gasteiger charge is 2.36. The molecular weight excluding hydrogens is 236 g/mol. The highest BCUT2D eigenvalue weighted by Crippen LogP contribution is 2.34. The predicted molar refractivity (Wildman–Crippen MR) is 77.1 cm³/mol. The van der Waals surface area contributed by atoms with Crippen LogP contribution in [-0.4, -0.2) is 35.2 Å². The molecule has 104 valence electrons. The van der Waals surface area contributed by atoms with Crippen LogP contribution in [0.2, 0.25) is 0 Å². The van der Waals surface area contributed by atoms with E-state index in [1.165, 1.54) is 31.4 Å². The normalized spacial score (nSPS) is 28.5. The summed E-state index contributed by atoms with van der Waals surface area (Å²) in [6.45, 7) is 5.57. The fraction of sp³-hybridized carbons (Fsp3) is 0.625. The molecule has 1 heterocycles. The molecule has 19 heavy (non-hydrogen) atoms. The number of phenolic OH excluding ortho intramolecular Hbond substituents is 1. The van der Waals surface area contributed by atoms with Crippen LogP contribution in [0, 0.1) is 5.92 Å². The minimum Gasteiger partial charge on any atom is -0.508 e. The van der Waals surface area contributed by atoms with Crippen molar-refractivity contribution < 1.29 is 5.11 Å². The second-order valence-electron chi connectivity index (χ2n) is 6.01. The van der Waals surface area contributed by atoms with Gasteiger partial charge in [0.15, 0.2) is 0 Å². The van der Waals surface area contributed by atoms with Crippen LogP contribution in [-0.2, 0) is 6.54 Å². The number of nitrogens with one attached hydrogen (secondary N) is 1. The molecule has 1 aliphatic carbocycles. The highest BCUT2D eigenvalue weighted by molar-refractivity contribution is 5.26. The van der Waals surface area contributed by atoms with Gasteiger partial charge in [-0.3, -0.25) is 4.90 Å². The van der Waals surface area contributed by atoms with Crippen molar-refractivity contribution in [3.63, 3.8) is 0 Å². The number of hydrogen-bond donors (Lipinski definition) is 2. The molecule has 3 rings (SSSR count). The number of piperazine rings is 1. The number of aromatic hydroxyl groups is 1. The zero-order valence-corrected chi connectivity index (χ0v) is 11.7. The maximum Gasteiger partial charge on any atom is 0.115 e. The molecule has 1 aromatic carbocycles. The first kappa shape index (κ1) is 12.9. The van der Waals surface area contributed by atoms with Gasteiger partial charge in [0.2, 0.25) is 0 Å². The lowest BCUT2D eigenvalue weighted by Crippen LogP contribution is -2.56. The first-order chi connectivity index (χ1) is 9.26. The van der Waals surface area contributed by atoms with Gasteiger partial charge in [-0.1, -0.05) is 19.1 Å². The first-order valence-electron chi connectivity index (χ1n) is 7.51. The standard InChI is InChI=1S/C16H24N2O/c1-2-14-9-17-16(13-5-6-13)11-18(14)10-12-3-7-15(19)8-4-12/h3-4,7-8,13-14,16-17,19H,2,5-6,9-11H2,1H3. The molecule has 1 aromatic rings. The third kappa shape index (κ3) is 3.10. The molecule has 0 spiro atoms. The highest BCUT2D eigenvalue weighted by atomic mass is 16.3. The van der Waals surface area contributed by atoms with Gasteiger partial charge in [-0.2, -0.15) is 0 Å². The smallest absolute Gasteiger partial charge is 0.115 e. The summed E-state index contributed by atoms with van der Waals surface area (Å²) in [7, 11) is 0. The van der Waals surface area contributed by atoms with Gasteiger partial charge in [-0.25, -0.2) is 0 Å². The lowest BCUT2D eigenvalue weighted by molar-refractivity contribution is 0.112. The maximum atomic E-state index is 9.36. The Bertz CT molecular complexity index is 413. The summed E-state index contributed by atoms with van der Waals surface area (Å²) >= 11 is 0. The zero-order valence-electron chi connectivity index (χ0n) is 11.7. The average Bonchev–Trinajstić information content (AvgIpc) is 3.26. The minimum atomic E-state index is 0.354. The van der Waals surface area contributed by atoms with E-state index in [1.54, 1.807) is 12.1 Å². The predicted octanol–water partition coefficient (Wildman–Crippen LogP) is 2.35. The second kappa shape index (κ2) is 5.51. The molecular formula is C16H24N2O. The molecule has 2 N–H and O–H groups in total. The molecule has 0 radical (unpaired) electrons. The van der Waals surface area contributed by atoms with Crippen molar-refractivity contribution in [2.24, 2.45) is 5.92 Å². The monoisotopic (exact) mass is 260 g/mol. The van der Waals surface area contributed by atoms with Crippen molar-refractivity contribution >= 4 is 0 Å². The van der Waals surface area contributed by atoms with E-state index in [1.807, 2.05) is 12.1 Å². The number of benzene rings is 1. The van der Waals surface area contributed by atoms with Crippen LogP contribution in [0.25, 0.3) is 0 Å². The molecule has 0 amide bonds. The van der Waals surface area contributed by atoms with Gasteiger partial charge in [0, 0.05) is 31.7 Å². The summed E-state index contributed by atoms with van der Waals surface area (Å²) in [5.74, 6) is 1.27. The van der Waals surface area contributed by atoms with E-state index in [0.717, 1.165) is 19.0 Å². The minimum absolute atomic E-state index is 0.354. The second-order valence-corrected chi connectivity index (χ2v) is 6.01. The quantitative estimate of drug-likeness (QED) is 0.872. The molecule has 3 nitrogen and oxygen atoms in total. The lowest BCUT2D eigenvalue weighted by atomic mass is 10.0. The number of nitrogens with zero attached hydrogens (tertiary/aromatic N) is 1. The number of hydrogen-bond acceptors (Lipinski definition) is 3. The van der Waals surface area contributed by atoms with Crippen molar-refractivity contribution in [2.45, 2.75) is 44.8 Å². The molecule has 2 atom stereocenters. The summed E-state index contributed by atoms with van der Waals surface area (Å²) in [6.07, 6.45) is 4.01. The summed E-state index contributed by atoms with van der Waals surface area (Å²) < 4.78 is 0. The summed E-state index contributed by atoms with van der Waals surface area (Å²) in [5, 5.41) is 13.1. The van der Waals surface area contributed by atoms with E-state index >= 15 is 0 Å². The first-order valence-corrected chi connectivity index (χ1v) is 7.51. The summed E-state index contributed by atoms with van der Waals surface area (Å²) in [6, 6.07) is 8.99. The van der Waals surface area contributed by atoms with Gasteiger partial charge in [0.1, 0.15) is 5.75 Å². The molecule has 2 unspecified atom stereocenters. The Balaban J connectivity index is 1.66. The van der Waals surface area contributed by atoms with Crippen LogP contribution in [0.15, 0.2) is 24.3 Å². The van der Waals surface area contributed by atoms with Gasteiger partial charge in [-0.15, -0.1) is 0 Å². The third-order valence-corrected chi connectivity index (χ3v) is 4.55. The Labute approximate surface area is 115 Å².